The van der Waals surface area contributed by atoms with Crippen molar-refractivity contribution < 1.29 is 34.3 Å². The SMILES string of the molecule is CN(C)c1ccc(CNCc2ccc3c(c2)OCO3)cc1.[Cl-].[Cl-]. The van der Waals surface area contributed by atoms with Crippen molar-refractivity contribution in [1.82, 2.24) is 5.32 Å². The van der Waals surface area contributed by atoms with Crippen molar-refractivity contribution in [3.8, 4) is 11.5 Å². The standard InChI is InChI=1S/C17H20N2O2.2ClH/c1-19(2)15-6-3-13(4-7-15)10-18-11-14-5-8-16-17(9-14)21-12-20-16;;/h3-9,18H,10-12H2,1-2H3;2*1H/p-2. The van der Waals surface area contributed by atoms with Gasteiger partial charge in [-0.2, -0.15) is 0 Å². The number of fused-ring (bicyclic) bond motifs is 1. The molecule has 1 aliphatic rings. The number of hydrogen-bond acceptors (Lipinski definition) is 4. The predicted octanol–water partition coefficient (Wildman–Crippen LogP) is -3.22. The second-order valence-electron chi connectivity index (χ2n) is 5.35. The Balaban J connectivity index is 0.00000132. The number of rotatable bonds is 5. The quantitative estimate of drug-likeness (QED) is 0.612. The Hall–Kier alpha value is -1.62. The number of hydrogen-bond donors (Lipinski definition) is 1. The highest BCUT2D eigenvalue weighted by atomic mass is 35.5. The van der Waals surface area contributed by atoms with E-state index in [1.54, 1.807) is 0 Å². The normalized spacial score (nSPS) is 11.4. The number of nitrogens with zero attached hydrogens (tertiary/aromatic N) is 1. The van der Waals surface area contributed by atoms with Crippen LogP contribution in [-0.2, 0) is 13.1 Å². The predicted molar refractivity (Wildman–Crippen MR) is 83.9 cm³/mol. The number of benzene rings is 2. The molecule has 126 valence electrons. The molecule has 0 unspecified atom stereocenters. The van der Waals surface area contributed by atoms with Gasteiger partial charge in [0.25, 0.3) is 0 Å². The average molecular weight is 355 g/mol. The highest BCUT2D eigenvalue weighted by Crippen LogP contribution is 2.32. The van der Waals surface area contributed by atoms with E-state index >= 15 is 0 Å². The average Bonchev–Trinajstić information content (AvgIpc) is 2.95. The first-order valence-electron chi connectivity index (χ1n) is 7.08. The molecule has 0 saturated carbocycles. The lowest BCUT2D eigenvalue weighted by Crippen LogP contribution is -3.00. The van der Waals surface area contributed by atoms with E-state index in [1.165, 1.54) is 16.8 Å². The Kier molecular flexibility index (Phi) is 7.49. The van der Waals surface area contributed by atoms with E-state index in [-0.39, 0.29) is 24.8 Å². The van der Waals surface area contributed by atoms with E-state index in [0.717, 1.165) is 24.6 Å². The van der Waals surface area contributed by atoms with Gasteiger partial charge in [-0.1, -0.05) is 18.2 Å². The van der Waals surface area contributed by atoms with Gasteiger partial charge in [-0.3, -0.25) is 0 Å². The number of ether oxygens (including phenoxy) is 2. The van der Waals surface area contributed by atoms with Crippen LogP contribution in [0.4, 0.5) is 5.69 Å². The van der Waals surface area contributed by atoms with E-state index in [4.69, 9.17) is 9.47 Å². The van der Waals surface area contributed by atoms with Gasteiger partial charge in [-0.25, -0.2) is 0 Å². The van der Waals surface area contributed by atoms with Crippen LogP contribution in [0.5, 0.6) is 11.5 Å². The largest absolute Gasteiger partial charge is 1.00 e. The molecular weight excluding hydrogens is 335 g/mol. The van der Waals surface area contributed by atoms with Crippen molar-refractivity contribution in [2.75, 3.05) is 25.8 Å². The molecule has 0 aliphatic carbocycles. The fourth-order valence-corrected chi connectivity index (χ4v) is 2.31. The van der Waals surface area contributed by atoms with Gasteiger partial charge in [0.1, 0.15) is 0 Å². The molecule has 0 fully saturated rings. The second kappa shape index (κ2) is 8.87. The minimum Gasteiger partial charge on any atom is -1.00 e. The highest BCUT2D eigenvalue weighted by Gasteiger charge is 2.12. The zero-order valence-corrected chi connectivity index (χ0v) is 14.7. The maximum absolute atomic E-state index is 5.38. The van der Waals surface area contributed by atoms with Crippen LogP contribution in [0.2, 0.25) is 0 Å². The van der Waals surface area contributed by atoms with Crippen molar-refractivity contribution >= 4 is 5.69 Å². The zero-order valence-electron chi connectivity index (χ0n) is 13.2. The molecule has 0 spiro atoms. The van der Waals surface area contributed by atoms with Crippen molar-refractivity contribution in [2.45, 2.75) is 13.1 Å². The van der Waals surface area contributed by atoms with E-state index in [0.29, 0.717) is 6.79 Å². The number of halogens is 2. The molecule has 1 heterocycles. The fourth-order valence-electron chi connectivity index (χ4n) is 2.31. The van der Waals surface area contributed by atoms with Crippen molar-refractivity contribution in [3.05, 3.63) is 53.6 Å². The Morgan fingerprint density at radius 2 is 1.48 bits per heavy atom. The maximum atomic E-state index is 5.38. The van der Waals surface area contributed by atoms with Crippen LogP contribution in [0.25, 0.3) is 0 Å². The van der Waals surface area contributed by atoms with Crippen LogP contribution < -0.4 is 44.5 Å². The first kappa shape index (κ1) is 19.4. The fraction of sp³-hybridized carbons (Fsp3) is 0.294. The zero-order chi connectivity index (χ0) is 14.7. The molecule has 1 aliphatic heterocycles. The lowest BCUT2D eigenvalue weighted by Gasteiger charge is -2.13. The molecule has 4 nitrogen and oxygen atoms in total. The molecular formula is C17H20Cl2N2O2-2. The summed E-state index contributed by atoms with van der Waals surface area (Å²) in [7, 11) is 4.10. The van der Waals surface area contributed by atoms with E-state index in [2.05, 4.69) is 40.5 Å². The molecule has 6 heteroatoms. The molecule has 23 heavy (non-hydrogen) atoms. The summed E-state index contributed by atoms with van der Waals surface area (Å²) in [5.74, 6) is 1.67. The summed E-state index contributed by atoms with van der Waals surface area (Å²) >= 11 is 0. The molecule has 1 N–H and O–H groups in total. The summed E-state index contributed by atoms with van der Waals surface area (Å²) in [6.45, 7) is 1.98. The third-order valence-corrected chi connectivity index (χ3v) is 3.55. The van der Waals surface area contributed by atoms with E-state index in [1.807, 2.05) is 26.2 Å². The van der Waals surface area contributed by atoms with Gasteiger partial charge in [-0.05, 0) is 35.4 Å². The Bertz CT molecular complexity index is 618. The maximum Gasteiger partial charge on any atom is 0.231 e. The van der Waals surface area contributed by atoms with Crippen LogP contribution in [0.1, 0.15) is 11.1 Å². The first-order valence-corrected chi connectivity index (χ1v) is 7.08. The van der Waals surface area contributed by atoms with Crippen LogP contribution in [0.3, 0.4) is 0 Å². The molecule has 0 aromatic heterocycles. The molecule has 0 saturated heterocycles. The minimum absolute atomic E-state index is 0. The van der Waals surface area contributed by atoms with Gasteiger partial charge < -0.3 is 44.5 Å². The Labute approximate surface area is 149 Å². The number of nitrogens with one attached hydrogen (secondary N) is 1. The van der Waals surface area contributed by atoms with E-state index in [9.17, 15) is 0 Å². The molecule has 0 amide bonds. The van der Waals surface area contributed by atoms with Gasteiger partial charge >= 0.3 is 0 Å². The van der Waals surface area contributed by atoms with Crippen LogP contribution in [0.15, 0.2) is 42.5 Å². The monoisotopic (exact) mass is 354 g/mol. The molecule has 0 atom stereocenters. The summed E-state index contributed by atoms with van der Waals surface area (Å²) in [5.41, 5.74) is 3.69. The third kappa shape index (κ3) is 4.93. The van der Waals surface area contributed by atoms with Crippen LogP contribution >= 0.6 is 0 Å². The van der Waals surface area contributed by atoms with Crippen molar-refractivity contribution in [2.24, 2.45) is 0 Å². The smallest absolute Gasteiger partial charge is 0.231 e. The first-order chi connectivity index (χ1) is 10.2. The minimum atomic E-state index is 0. The number of anilines is 1. The van der Waals surface area contributed by atoms with Crippen LogP contribution in [0, 0.1) is 0 Å². The molecule has 2 aromatic carbocycles. The summed E-state index contributed by atoms with van der Waals surface area (Å²) in [4.78, 5) is 2.10. The van der Waals surface area contributed by atoms with Gasteiger partial charge in [-0.15, -0.1) is 0 Å². The molecule has 3 rings (SSSR count). The Morgan fingerprint density at radius 3 is 2.17 bits per heavy atom. The summed E-state index contributed by atoms with van der Waals surface area (Å²) in [5, 5.41) is 3.45. The van der Waals surface area contributed by atoms with Gasteiger partial charge in [0.15, 0.2) is 11.5 Å². The van der Waals surface area contributed by atoms with Crippen LogP contribution in [-0.4, -0.2) is 20.9 Å². The third-order valence-electron chi connectivity index (χ3n) is 3.55. The lowest BCUT2D eigenvalue weighted by atomic mass is 10.1. The van der Waals surface area contributed by atoms with Gasteiger partial charge in [0.05, 0.1) is 0 Å². The van der Waals surface area contributed by atoms with Gasteiger partial charge in [0, 0.05) is 32.9 Å². The molecule has 2 aromatic rings. The second-order valence-corrected chi connectivity index (χ2v) is 5.35. The highest BCUT2D eigenvalue weighted by molar-refractivity contribution is 5.46. The van der Waals surface area contributed by atoms with Gasteiger partial charge in [0.2, 0.25) is 6.79 Å². The summed E-state index contributed by atoms with van der Waals surface area (Å²) in [6.07, 6.45) is 0. The summed E-state index contributed by atoms with van der Waals surface area (Å²) < 4.78 is 10.7. The van der Waals surface area contributed by atoms with Crippen molar-refractivity contribution in [1.29, 1.82) is 0 Å². The lowest BCUT2D eigenvalue weighted by molar-refractivity contribution is -0.00100. The molecule has 0 radical (unpaired) electrons. The topological polar surface area (TPSA) is 33.7 Å². The summed E-state index contributed by atoms with van der Waals surface area (Å²) in [6, 6.07) is 14.6. The molecule has 0 bridgehead atoms. The van der Waals surface area contributed by atoms with Crippen molar-refractivity contribution in [3.63, 3.8) is 0 Å². The van der Waals surface area contributed by atoms with E-state index < -0.39 is 0 Å². The Morgan fingerprint density at radius 1 is 0.870 bits per heavy atom.